The number of nitrogens with two attached hydrogens (primary N) is 2. The summed E-state index contributed by atoms with van der Waals surface area (Å²) in [5.74, 6) is -0.363. The molecule has 33 heavy (non-hydrogen) atoms. The van der Waals surface area contributed by atoms with Crippen LogP contribution in [0.15, 0.2) is 72.8 Å². The first kappa shape index (κ1) is 26.0. The number of likely N-dealkylation sites (N-methyl/N-ethyl adjacent to an activating group) is 1. The van der Waals surface area contributed by atoms with Crippen LogP contribution in [-0.2, 0) is 0 Å². The molecule has 1 unspecified atom stereocenters. The fourth-order valence-corrected chi connectivity index (χ4v) is 3.88. The number of hydrazine groups is 1. The number of hydrogen-bond donors (Lipinski definition) is 3. The van der Waals surface area contributed by atoms with Crippen LogP contribution in [0, 0.1) is 13.8 Å². The summed E-state index contributed by atoms with van der Waals surface area (Å²) in [5.41, 5.74) is 20.8. The van der Waals surface area contributed by atoms with Gasteiger partial charge in [-0.15, -0.1) is 0 Å². The maximum absolute atomic E-state index is 10.6. The Morgan fingerprint density at radius 2 is 1.67 bits per heavy atom. The average molecular weight is 450 g/mol. The number of hydrogen-bond acceptors (Lipinski definition) is 5. The van der Waals surface area contributed by atoms with Crippen LogP contribution in [-0.4, -0.2) is 49.2 Å². The Kier molecular flexibility index (Phi) is 9.57. The maximum Gasteiger partial charge on any atom is 0.248 e. The van der Waals surface area contributed by atoms with Crippen LogP contribution in [0.2, 0.25) is 0 Å². The van der Waals surface area contributed by atoms with E-state index in [2.05, 4.69) is 71.8 Å². The van der Waals surface area contributed by atoms with Crippen molar-refractivity contribution in [1.82, 2.24) is 10.4 Å². The van der Waals surface area contributed by atoms with Crippen molar-refractivity contribution >= 4 is 11.6 Å². The molecule has 4 rings (SSSR count). The summed E-state index contributed by atoms with van der Waals surface area (Å²) in [4.78, 5) is 13.0. The number of benzene rings is 3. The van der Waals surface area contributed by atoms with E-state index < -0.39 is 0 Å². The monoisotopic (exact) mass is 449 g/mol. The van der Waals surface area contributed by atoms with Gasteiger partial charge in [-0.2, -0.15) is 0 Å². The first-order valence-electron chi connectivity index (χ1n) is 10.9. The second-order valence-electron chi connectivity index (χ2n) is 7.98. The summed E-state index contributed by atoms with van der Waals surface area (Å²) >= 11 is 0. The number of primary amides is 1. The molecule has 3 aromatic rings. The van der Waals surface area contributed by atoms with Crippen molar-refractivity contribution in [2.24, 2.45) is 11.5 Å². The molecule has 0 spiro atoms. The lowest BCUT2D eigenvalue weighted by atomic mass is 10.0. The molecule has 0 bridgehead atoms. The molecule has 3 aromatic carbocycles. The van der Waals surface area contributed by atoms with E-state index in [1.807, 2.05) is 25.1 Å². The number of nitrogens with zero attached hydrogens (tertiary/aromatic N) is 2. The molecule has 7 N–H and O–H groups in total. The van der Waals surface area contributed by atoms with Gasteiger partial charge in [0.05, 0.1) is 0 Å². The summed E-state index contributed by atoms with van der Waals surface area (Å²) < 4.78 is 0. The minimum atomic E-state index is -0.363. The van der Waals surface area contributed by atoms with Gasteiger partial charge in [-0.05, 0) is 54.3 Å². The highest BCUT2D eigenvalue weighted by molar-refractivity contribution is 5.94. The van der Waals surface area contributed by atoms with Gasteiger partial charge in [-0.25, -0.2) is 5.01 Å². The third kappa shape index (κ3) is 6.40. The smallest absolute Gasteiger partial charge is 0.248 e. The molecule has 0 aliphatic carbocycles. The molecule has 1 aliphatic rings. The van der Waals surface area contributed by atoms with E-state index in [1.165, 1.54) is 22.4 Å². The standard InChI is InChI=1S/C18H24N4.C8H9NO.H2O/c1-14-12-16(15-6-4-3-5-7-15)8-9-17(14)22(11-10-19)18-13-20-21(18)2;1-6-4-2-3-5-7(6)8(9)10;/h3-9,12,18,20H,10-11,13,19H2,1-2H3;2-5H,1H3,(H2,9,10);1H2. The maximum atomic E-state index is 10.6. The van der Waals surface area contributed by atoms with Crippen molar-refractivity contribution in [3.8, 4) is 11.1 Å². The van der Waals surface area contributed by atoms with E-state index in [0.717, 1.165) is 18.7 Å². The Labute approximate surface area is 196 Å². The Hall–Kier alpha value is -3.23. The normalized spacial score (nSPS) is 14.8. The van der Waals surface area contributed by atoms with E-state index in [1.54, 1.807) is 12.1 Å². The fraction of sp³-hybridized carbons (Fsp3) is 0.269. The van der Waals surface area contributed by atoms with E-state index in [9.17, 15) is 4.79 Å². The zero-order valence-electron chi connectivity index (χ0n) is 19.6. The van der Waals surface area contributed by atoms with Crippen molar-refractivity contribution in [2.75, 3.05) is 31.6 Å². The third-order valence-electron chi connectivity index (χ3n) is 5.72. The zero-order valence-corrected chi connectivity index (χ0v) is 19.6. The van der Waals surface area contributed by atoms with Crippen molar-refractivity contribution in [3.63, 3.8) is 0 Å². The van der Waals surface area contributed by atoms with Gasteiger partial charge in [0, 0.05) is 37.9 Å². The SMILES string of the molecule is Cc1cc(-c2ccccc2)ccc1N(CCN)C1CNN1C.Cc1ccccc1C(N)=O.O. The van der Waals surface area contributed by atoms with E-state index >= 15 is 0 Å². The highest BCUT2D eigenvalue weighted by Gasteiger charge is 2.30. The minimum Gasteiger partial charge on any atom is -0.412 e. The zero-order chi connectivity index (χ0) is 23.1. The molecule has 7 nitrogen and oxygen atoms in total. The van der Waals surface area contributed by atoms with Crippen LogP contribution in [0.4, 0.5) is 5.69 Å². The number of aryl methyl sites for hydroxylation is 2. The fourth-order valence-electron chi connectivity index (χ4n) is 3.88. The molecule has 7 heteroatoms. The number of nitrogens with one attached hydrogen (secondary N) is 1. The van der Waals surface area contributed by atoms with Gasteiger partial charge < -0.3 is 21.8 Å². The van der Waals surface area contributed by atoms with Crippen molar-refractivity contribution in [1.29, 1.82) is 0 Å². The van der Waals surface area contributed by atoms with Crippen LogP contribution >= 0.6 is 0 Å². The molecule has 176 valence electrons. The summed E-state index contributed by atoms with van der Waals surface area (Å²) in [7, 11) is 2.07. The van der Waals surface area contributed by atoms with E-state index in [-0.39, 0.29) is 11.4 Å². The molecule has 1 amide bonds. The quantitative estimate of drug-likeness (QED) is 0.534. The van der Waals surface area contributed by atoms with Crippen LogP contribution in [0.25, 0.3) is 11.1 Å². The molecule has 1 aliphatic heterocycles. The van der Waals surface area contributed by atoms with Gasteiger partial charge in [0.1, 0.15) is 6.17 Å². The minimum absolute atomic E-state index is 0. The van der Waals surface area contributed by atoms with Crippen LogP contribution < -0.4 is 21.8 Å². The molecule has 1 heterocycles. The van der Waals surface area contributed by atoms with Crippen molar-refractivity contribution in [3.05, 3.63) is 89.5 Å². The Morgan fingerprint density at radius 1 is 1.00 bits per heavy atom. The number of carbonyl (C=O) groups excluding carboxylic acids is 1. The highest BCUT2D eigenvalue weighted by atomic mass is 16.1. The summed E-state index contributed by atoms with van der Waals surface area (Å²) in [6.45, 7) is 6.53. The van der Waals surface area contributed by atoms with Crippen LogP contribution in [0.5, 0.6) is 0 Å². The average Bonchev–Trinajstić information content (AvgIpc) is 2.79. The molecule has 1 atom stereocenters. The molecule has 0 radical (unpaired) electrons. The third-order valence-corrected chi connectivity index (χ3v) is 5.72. The largest absolute Gasteiger partial charge is 0.412 e. The van der Waals surface area contributed by atoms with E-state index in [4.69, 9.17) is 11.5 Å². The van der Waals surface area contributed by atoms with Crippen molar-refractivity contribution < 1.29 is 10.3 Å². The molecule has 0 saturated carbocycles. The predicted octanol–water partition coefficient (Wildman–Crippen LogP) is 2.47. The van der Waals surface area contributed by atoms with Gasteiger partial charge >= 0.3 is 0 Å². The number of rotatable bonds is 6. The highest BCUT2D eigenvalue weighted by Crippen LogP contribution is 2.29. The summed E-state index contributed by atoms with van der Waals surface area (Å²) in [5, 5.41) is 2.14. The molecule has 1 fully saturated rings. The van der Waals surface area contributed by atoms with Crippen molar-refractivity contribution in [2.45, 2.75) is 20.0 Å². The lowest BCUT2D eigenvalue weighted by Gasteiger charge is -2.47. The number of anilines is 1. The number of carbonyl (C=O) groups is 1. The Balaban J connectivity index is 0.000000297. The van der Waals surface area contributed by atoms with Gasteiger partial charge in [-0.3, -0.25) is 10.2 Å². The number of amides is 1. The van der Waals surface area contributed by atoms with Crippen LogP contribution in [0.1, 0.15) is 21.5 Å². The molecule has 0 aromatic heterocycles. The Morgan fingerprint density at radius 3 is 2.15 bits per heavy atom. The summed E-state index contributed by atoms with van der Waals surface area (Å²) in [6.07, 6.45) is 0.379. The lowest BCUT2D eigenvalue weighted by Crippen LogP contribution is -2.67. The second kappa shape index (κ2) is 12.1. The van der Waals surface area contributed by atoms with Gasteiger partial charge in [0.25, 0.3) is 0 Å². The van der Waals surface area contributed by atoms with E-state index in [0.29, 0.717) is 18.3 Å². The van der Waals surface area contributed by atoms with Gasteiger partial charge in [0.15, 0.2) is 0 Å². The molecule has 1 saturated heterocycles. The topological polar surface area (TPSA) is 119 Å². The molecular weight excluding hydrogens is 414 g/mol. The van der Waals surface area contributed by atoms with Crippen LogP contribution in [0.3, 0.4) is 0 Å². The second-order valence-corrected chi connectivity index (χ2v) is 7.98. The summed E-state index contributed by atoms with van der Waals surface area (Å²) in [6, 6.07) is 24.4. The lowest BCUT2D eigenvalue weighted by molar-refractivity contribution is 0.0542. The predicted molar refractivity (Wildman–Crippen MR) is 136 cm³/mol. The first-order chi connectivity index (χ1) is 15.4. The first-order valence-corrected chi connectivity index (χ1v) is 10.9. The van der Waals surface area contributed by atoms with Gasteiger partial charge in [-0.1, -0.05) is 54.6 Å². The Bertz CT molecular complexity index is 1040. The van der Waals surface area contributed by atoms with Gasteiger partial charge in [0.2, 0.25) is 5.91 Å². The molecular formula is C26H35N5O2.